The second-order valence-electron chi connectivity index (χ2n) is 9.25. The molecule has 0 bridgehead atoms. The van der Waals surface area contributed by atoms with E-state index in [-0.39, 0.29) is 29.9 Å². The van der Waals surface area contributed by atoms with Crippen LogP contribution in [0.1, 0.15) is 78.1 Å². The van der Waals surface area contributed by atoms with E-state index >= 15 is 0 Å². The van der Waals surface area contributed by atoms with Crippen molar-refractivity contribution in [2.24, 2.45) is 22.7 Å². The minimum absolute atomic E-state index is 0. The molecule has 0 aromatic carbocycles. The Balaban J connectivity index is 0.00000280. The molecule has 3 fully saturated rings. The summed E-state index contributed by atoms with van der Waals surface area (Å²) in [5.74, 6) is 3.26. The molecule has 0 aromatic rings. The molecule has 164 valence electrons. The first-order valence-electron chi connectivity index (χ1n) is 11.2. The lowest BCUT2D eigenvalue weighted by atomic mass is 9.84. The van der Waals surface area contributed by atoms with E-state index in [1.54, 1.807) is 0 Å². The second-order valence-corrected chi connectivity index (χ2v) is 11.5. The highest BCUT2D eigenvalue weighted by atomic mass is 127. The third-order valence-corrected chi connectivity index (χ3v) is 8.81. The van der Waals surface area contributed by atoms with Crippen LogP contribution in [0.15, 0.2) is 4.99 Å². The van der Waals surface area contributed by atoms with Gasteiger partial charge in [-0.15, -0.1) is 24.0 Å². The first kappa shape index (κ1) is 24.2. The average Bonchev–Trinajstić information content (AvgIpc) is 3.00. The zero-order chi connectivity index (χ0) is 19.3. The number of aliphatic imine (C=N–C) groups is 1. The molecule has 3 rings (SSSR count). The fourth-order valence-electron chi connectivity index (χ4n) is 5.06. The molecule has 1 saturated heterocycles. The lowest BCUT2D eigenvalue weighted by Gasteiger charge is -2.34. The minimum Gasteiger partial charge on any atom is -0.354 e. The van der Waals surface area contributed by atoms with E-state index in [2.05, 4.69) is 24.5 Å². The molecule has 7 heteroatoms. The number of nitrogens with one attached hydrogen (secondary N) is 2. The van der Waals surface area contributed by atoms with Gasteiger partial charge in [0, 0.05) is 18.6 Å². The predicted octanol–water partition coefficient (Wildman–Crippen LogP) is 4.12. The number of nitrogens with zero attached hydrogens (tertiary/aromatic N) is 1. The van der Waals surface area contributed by atoms with Crippen LogP contribution in [0.5, 0.6) is 0 Å². The van der Waals surface area contributed by atoms with Crippen molar-refractivity contribution in [1.82, 2.24) is 10.6 Å². The van der Waals surface area contributed by atoms with E-state index in [0.717, 1.165) is 18.3 Å². The highest BCUT2D eigenvalue weighted by molar-refractivity contribution is 14.0. The molecule has 2 aliphatic carbocycles. The predicted molar refractivity (Wildman–Crippen MR) is 128 cm³/mol. The van der Waals surface area contributed by atoms with E-state index < -0.39 is 9.84 Å². The van der Waals surface area contributed by atoms with E-state index in [0.29, 0.717) is 36.1 Å². The minimum atomic E-state index is -2.83. The molecule has 28 heavy (non-hydrogen) atoms. The van der Waals surface area contributed by atoms with Gasteiger partial charge in [0.2, 0.25) is 0 Å². The van der Waals surface area contributed by atoms with Crippen LogP contribution >= 0.6 is 24.0 Å². The van der Waals surface area contributed by atoms with Gasteiger partial charge in [0.25, 0.3) is 0 Å². The molecule has 1 heterocycles. The molecule has 5 nitrogen and oxygen atoms in total. The fourth-order valence-corrected chi connectivity index (χ4v) is 6.91. The zero-order valence-corrected chi connectivity index (χ0v) is 20.8. The van der Waals surface area contributed by atoms with E-state index in [1.807, 2.05) is 0 Å². The number of hydrogen-bond donors (Lipinski definition) is 2. The Morgan fingerprint density at radius 3 is 2.46 bits per heavy atom. The normalized spacial score (nSPS) is 35.8. The molecule has 0 spiro atoms. The maximum absolute atomic E-state index is 11.8. The summed E-state index contributed by atoms with van der Waals surface area (Å²) in [5, 5.41) is 7.44. The van der Waals surface area contributed by atoms with Crippen molar-refractivity contribution < 1.29 is 8.42 Å². The van der Waals surface area contributed by atoms with Crippen LogP contribution in [0, 0.1) is 17.8 Å². The average molecular weight is 526 g/mol. The summed E-state index contributed by atoms with van der Waals surface area (Å²) in [5.41, 5.74) is 0. The standard InChI is InChI=1S/C21H39N3O2S.HI/c1-3-17-8-6-9-19(13-17)23-21(24-20-10-5-4-7-16(20)2)22-14-18-11-12-27(25,26)15-18;/h16-20H,3-15H2,1-2H3,(H2,22,23,24);1H. The lowest BCUT2D eigenvalue weighted by Crippen LogP contribution is -2.51. The number of hydrogen-bond acceptors (Lipinski definition) is 3. The molecule has 0 radical (unpaired) electrons. The van der Waals surface area contributed by atoms with Crippen LogP contribution < -0.4 is 10.6 Å². The Hall–Kier alpha value is -0.0500. The van der Waals surface area contributed by atoms with Gasteiger partial charge in [-0.2, -0.15) is 0 Å². The van der Waals surface area contributed by atoms with Crippen LogP contribution in [0.25, 0.3) is 0 Å². The summed E-state index contributed by atoms with van der Waals surface area (Å²) in [7, 11) is -2.83. The first-order chi connectivity index (χ1) is 12.9. The lowest BCUT2D eigenvalue weighted by molar-refractivity contribution is 0.287. The van der Waals surface area contributed by atoms with Gasteiger partial charge < -0.3 is 10.6 Å². The topological polar surface area (TPSA) is 70.6 Å². The Morgan fingerprint density at radius 2 is 1.79 bits per heavy atom. The smallest absolute Gasteiger partial charge is 0.191 e. The SMILES string of the molecule is CCC1CCCC(NC(=NCC2CCS(=O)(=O)C2)NC2CCCCC2C)C1.I. The van der Waals surface area contributed by atoms with Gasteiger partial charge >= 0.3 is 0 Å². The van der Waals surface area contributed by atoms with Gasteiger partial charge in [0.05, 0.1) is 11.5 Å². The van der Waals surface area contributed by atoms with Crippen LogP contribution in [-0.2, 0) is 9.84 Å². The molecule has 0 aromatic heterocycles. The maximum atomic E-state index is 11.8. The zero-order valence-electron chi connectivity index (χ0n) is 17.7. The molecule has 2 N–H and O–H groups in total. The van der Waals surface area contributed by atoms with Crippen LogP contribution in [0.3, 0.4) is 0 Å². The van der Waals surface area contributed by atoms with Crippen molar-refractivity contribution in [3.63, 3.8) is 0 Å². The van der Waals surface area contributed by atoms with Crippen LogP contribution in [0.2, 0.25) is 0 Å². The summed E-state index contributed by atoms with van der Waals surface area (Å²) in [4.78, 5) is 4.87. The largest absolute Gasteiger partial charge is 0.354 e. The van der Waals surface area contributed by atoms with E-state index in [9.17, 15) is 8.42 Å². The van der Waals surface area contributed by atoms with Crippen molar-refractivity contribution in [3.05, 3.63) is 0 Å². The molecule has 1 aliphatic heterocycles. The number of guanidine groups is 1. The number of halogens is 1. The van der Waals surface area contributed by atoms with Gasteiger partial charge in [-0.25, -0.2) is 8.42 Å². The summed E-state index contributed by atoms with van der Waals surface area (Å²) in [6.07, 6.45) is 12.2. The highest BCUT2D eigenvalue weighted by Crippen LogP contribution is 2.27. The van der Waals surface area contributed by atoms with Crippen LogP contribution in [0.4, 0.5) is 0 Å². The molecule has 5 unspecified atom stereocenters. The summed E-state index contributed by atoms with van der Waals surface area (Å²) >= 11 is 0. The number of sulfone groups is 1. The number of rotatable bonds is 5. The quantitative estimate of drug-likeness (QED) is 0.322. The highest BCUT2D eigenvalue weighted by Gasteiger charge is 2.29. The summed E-state index contributed by atoms with van der Waals surface area (Å²) in [6.45, 7) is 5.26. The third kappa shape index (κ3) is 7.33. The van der Waals surface area contributed by atoms with E-state index in [1.165, 1.54) is 57.8 Å². The van der Waals surface area contributed by atoms with Crippen molar-refractivity contribution in [1.29, 1.82) is 0 Å². The monoisotopic (exact) mass is 525 g/mol. The van der Waals surface area contributed by atoms with Gasteiger partial charge in [0.1, 0.15) is 0 Å². The second kappa shape index (κ2) is 11.4. The van der Waals surface area contributed by atoms with Crippen molar-refractivity contribution >= 4 is 39.8 Å². The van der Waals surface area contributed by atoms with Gasteiger partial charge in [0.15, 0.2) is 15.8 Å². The van der Waals surface area contributed by atoms with Gasteiger partial charge in [-0.3, -0.25) is 4.99 Å². The molecule has 2 saturated carbocycles. The van der Waals surface area contributed by atoms with Crippen molar-refractivity contribution in [2.45, 2.75) is 90.1 Å². The maximum Gasteiger partial charge on any atom is 0.191 e. The fraction of sp³-hybridized carbons (Fsp3) is 0.952. The third-order valence-electron chi connectivity index (χ3n) is 6.97. The Bertz CT molecular complexity index is 611. The molecule has 0 amide bonds. The molecule has 5 atom stereocenters. The van der Waals surface area contributed by atoms with Gasteiger partial charge in [-0.1, -0.05) is 46.0 Å². The Morgan fingerprint density at radius 1 is 1.00 bits per heavy atom. The van der Waals surface area contributed by atoms with Crippen molar-refractivity contribution in [3.8, 4) is 0 Å². The van der Waals surface area contributed by atoms with E-state index in [4.69, 9.17) is 4.99 Å². The molecular formula is C21H40IN3O2S. The van der Waals surface area contributed by atoms with Crippen LogP contribution in [-0.4, -0.2) is 44.5 Å². The molecular weight excluding hydrogens is 485 g/mol. The Labute approximate surface area is 189 Å². The Kier molecular flexibility index (Phi) is 9.84. The summed E-state index contributed by atoms with van der Waals surface area (Å²) < 4.78 is 23.5. The summed E-state index contributed by atoms with van der Waals surface area (Å²) in [6, 6.07) is 0.990. The molecule has 3 aliphatic rings. The van der Waals surface area contributed by atoms with Crippen molar-refractivity contribution in [2.75, 3.05) is 18.1 Å². The van der Waals surface area contributed by atoms with Gasteiger partial charge in [-0.05, 0) is 49.9 Å². The first-order valence-corrected chi connectivity index (χ1v) is 13.0.